The summed E-state index contributed by atoms with van der Waals surface area (Å²) in [6.45, 7) is 1.35. The van der Waals surface area contributed by atoms with Crippen LogP contribution in [0.4, 0.5) is 5.69 Å². The highest BCUT2D eigenvalue weighted by Gasteiger charge is 2.33. The van der Waals surface area contributed by atoms with Crippen LogP contribution in [-0.2, 0) is 14.6 Å². The van der Waals surface area contributed by atoms with Gasteiger partial charge in [0.1, 0.15) is 5.25 Å². The highest BCUT2D eigenvalue weighted by atomic mass is 32.2. The fourth-order valence-corrected chi connectivity index (χ4v) is 3.09. The number of nitrogens with one attached hydrogen (secondary N) is 1. The summed E-state index contributed by atoms with van der Waals surface area (Å²) < 4.78 is 24.7. The Kier molecular flexibility index (Phi) is 3.43. The van der Waals surface area contributed by atoms with Crippen molar-refractivity contribution in [3.8, 4) is 0 Å². The molecule has 1 amide bonds. The molecule has 8 heteroatoms. The highest BCUT2D eigenvalue weighted by Crippen LogP contribution is 2.20. The Morgan fingerprint density at radius 2 is 2.05 bits per heavy atom. The minimum atomic E-state index is -3.86. The zero-order valence-corrected chi connectivity index (χ0v) is 12.2. The van der Waals surface area contributed by atoms with Gasteiger partial charge in [0.2, 0.25) is 20.9 Å². The number of imidazole rings is 1. The van der Waals surface area contributed by atoms with E-state index in [-0.39, 0.29) is 5.16 Å². The van der Waals surface area contributed by atoms with Crippen LogP contribution in [0.3, 0.4) is 0 Å². The van der Waals surface area contributed by atoms with E-state index in [0.29, 0.717) is 16.7 Å². The molecule has 0 fully saturated rings. The number of nitrogens with zero attached hydrogens (tertiary/aromatic N) is 2. The molecule has 7 nitrogen and oxygen atoms in total. The molecule has 0 spiro atoms. The third-order valence-corrected chi connectivity index (χ3v) is 4.87. The fourth-order valence-electron chi connectivity index (χ4n) is 1.80. The second-order valence-corrected chi connectivity index (χ2v) is 6.92. The molecule has 1 atom stereocenters. The molecule has 1 unspecified atom stereocenters. The molecule has 20 heavy (non-hydrogen) atoms. The first-order valence-corrected chi connectivity index (χ1v) is 7.48. The van der Waals surface area contributed by atoms with E-state index in [4.69, 9.17) is 5.73 Å². The summed E-state index contributed by atoms with van der Waals surface area (Å²) in [4.78, 5) is 19.8. The molecule has 1 aromatic heterocycles. The van der Waals surface area contributed by atoms with Crippen molar-refractivity contribution < 1.29 is 13.2 Å². The number of fused-ring (bicyclic) bond motifs is 1. The highest BCUT2D eigenvalue weighted by molar-refractivity contribution is 7.92. The molecular formula is C12H16N4O3S. The molecule has 1 heterocycles. The maximum atomic E-state index is 12.4. The van der Waals surface area contributed by atoms with Gasteiger partial charge in [0.05, 0.1) is 11.0 Å². The Bertz CT molecular complexity index is 764. The van der Waals surface area contributed by atoms with Crippen molar-refractivity contribution in [1.29, 1.82) is 0 Å². The van der Waals surface area contributed by atoms with E-state index in [1.54, 1.807) is 18.2 Å². The van der Waals surface area contributed by atoms with Gasteiger partial charge in [0.25, 0.3) is 0 Å². The van der Waals surface area contributed by atoms with E-state index in [1.807, 2.05) is 0 Å². The number of carbonyl (C=O) groups is 1. The van der Waals surface area contributed by atoms with Crippen LogP contribution in [-0.4, -0.2) is 48.5 Å². The molecule has 2 rings (SSSR count). The number of hydrogen-bond acceptors (Lipinski definition) is 5. The lowest BCUT2D eigenvalue weighted by Crippen LogP contribution is -2.37. The zero-order chi connectivity index (χ0) is 15.1. The topological polar surface area (TPSA) is 109 Å². The lowest BCUT2D eigenvalue weighted by atomic mass is 10.3. The van der Waals surface area contributed by atoms with Crippen molar-refractivity contribution in [2.75, 3.05) is 19.8 Å². The fraction of sp³-hybridized carbons (Fsp3) is 0.333. The number of H-pyrrole nitrogens is 1. The van der Waals surface area contributed by atoms with Gasteiger partial charge in [0.15, 0.2) is 0 Å². The van der Waals surface area contributed by atoms with Gasteiger partial charge in [-0.15, -0.1) is 0 Å². The van der Waals surface area contributed by atoms with Crippen molar-refractivity contribution in [2.45, 2.75) is 17.3 Å². The predicted molar refractivity (Wildman–Crippen MR) is 75.8 cm³/mol. The van der Waals surface area contributed by atoms with Gasteiger partial charge in [0, 0.05) is 19.8 Å². The molecule has 2 aromatic rings. The van der Waals surface area contributed by atoms with Crippen LogP contribution in [0.15, 0.2) is 23.4 Å². The van der Waals surface area contributed by atoms with Crippen LogP contribution in [0.5, 0.6) is 0 Å². The number of aromatic nitrogens is 2. The van der Waals surface area contributed by atoms with Crippen LogP contribution < -0.4 is 5.73 Å². The summed E-state index contributed by atoms with van der Waals surface area (Å²) in [6.07, 6.45) is 0. The Labute approximate surface area is 116 Å². The monoisotopic (exact) mass is 296 g/mol. The van der Waals surface area contributed by atoms with Crippen molar-refractivity contribution in [2.24, 2.45) is 0 Å². The number of aromatic amines is 1. The Hall–Kier alpha value is -2.09. The van der Waals surface area contributed by atoms with Crippen LogP contribution in [0.2, 0.25) is 0 Å². The third-order valence-electron chi connectivity index (χ3n) is 3.01. The van der Waals surface area contributed by atoms with Gasteiger partial charge in [-0.3, -0.25) is 4.79 Å². The summed E-state index contributed by atoms with van der Waals surface area (Å²) in [5.74, 6) is -0.495. The summed E-state index contributed by atoms with van der Waals surface area (Å²) in [5, 5.41) is -1.42. The molecule has 0 aliphatic carbocycles. The maximum absolute atomic E-state index is 12.4. The normalized spacial score (nSPS) is 13.3. The summed E-state index contributed by atoms with van der Waals surface area (Å²) in [7, 11) is -0.841. The molecule has 0 saturated carbocycles. The summed E-state index contributed by atoms with van der Waals surface area (Å²) >= 11 is 0. The molecule has 0 aliphatic heterocycles. The first-order chi connectivity index (χ1) is 9.23. The second kappa shape index (κ2) is 4.78. The number of rotatable bonds is 3. The van der Waals surface area contributed by atoms with Gasteiger partial charge in [-0.25, -0.2) is 13.4 Å². The Morgan fingerprint density at radius 1 is 1.40 bits per heavy atom. The maximum Gasteiger partial charge on any atom is 0.240 e. The molecule has 0 aliphatic rings. The molecule has 108 valence electrons. The Morgan fingerprint density at radius 3 is 2.65 bits per heavy atom. The lowest BCUT2D eigenvalue weighted by Gasteiger charge is -2.15. The number of sulfone groups is 1. The largest absolute Gasteiger partial charge is 0.399 e. The molecular weight excluding hydrogens is 280 g/mol. The average Bonchev–Trinajstić information content (AvgIpc) is 2.80. The van der Waals surface area contributed by atoms with Gasteiger partial charge in [-0.1, -0.05) is 0 Å². The molecule has 0 saturated heterocycles. The van der Waals surface area contributed by atoms with Crippen molar-refractivity contribution >= 4 is 32.5 Å². The SMILES string of the molecule is CC(C(=O)N(C)C)S(=O)(=O)c1nc2ccc(N)cc2[nH]1. The first-order valence-electron chi connectivity index (χ1n) is 5.94. The second-order valence-electron chi connectivity index (χ2n) is 4.74. The number of nitrogen functional groups attached to an aromatic ring is 1. The number of amides is 1. The lowest BCUT2D eigenvalue weighted by molar-refractivity contribution is -0.127. The number of benzene rings is 1. The van der Waals surface area contributed by atoms with E-state index < -0.39 is 21.0 Å². The van der Waals surface area contributed by atoms with E-state index in [0.717, 1.165) is 0 Å². The van der Waals surface area contributed by atoms with Crippen molar-refractivity contribution in [3.63, 3.8) is 0 Å². The average molecular weight is 296 g/mol. The van der Waals surface area contributed by atoms with E-state index in [2.05, 4.69) is 9.97 Å². The van der Waals surface area contributed by atoms with E-state index in [9.17, 15) is 13.2 Å². The van der Waals surface area contributed by atoms with Gasteiger partial charge in [-0.2, -0.15) is 0 Å². The summed E-state index contributed by atoms with van der Waals surface area (Å²) in [6, 6.07) is 4.85. The molecule has 3 N–H and O–H groups in total. The van der Waals surface area contributed by atoms with Crippen LogP contribution >= 0.6 is 0 Å². The van der Waals surface area contributed by atoms with Gasteiger partial charge in [-0.05, 0) is 25.1 Å². The minimum Gasteiger partial charge on any atom is -0.399 e. The molecule has 0 bridgehead atoms. The summed E-state index contributed by atoms with van der Waals surface area (Å²) in [5.41, 5.74) is 7.14. The Balaban J connectivity index is 2.49. The van der Waals surface area contributed by atoms with Gasteiger partial charge >= 0.3 is 0 Å². The van der Waals surface area contributed by atoms with Crippen molar-refractivity contribution in [1.82, 2.24) is 14.9 Å². The van der Waals surface area contributed by atoms with E-state index >= 15 is 0 Å². The van der Waals surface area contributed by atoms with Crippen LogP contribution in [0, 0.1) is 0 Å². The molecule has 0 radical (unpaired) electrons. The van der Waals surface area contributed by atoms with Crippen LogP contribution in [0.1, 0.15) is 6.92 Å². The van der Waals surface area contributed by atoms with Crippen molar-refractivity contribution in [3.05, 3.63) is 18.2 Å². The van der Waals surface area contributed by atoms with E-state index in [1.165, 1.54) is 25.9 Å². The van der Waals surface area contributed by atoms with Crippen LogP contribution in [0.25, 0.3) is 11.0 Å². The number of nitrogens with two attached hydrogens (primary N) is 1. The standard InChI is InChI=1S/C12H16N4O3S/c1-7(11(17)16(2)3)20(18,19)12-14-9-5-4-8(13)6-10(9)15-12/h4-7H,13H2,1-3H3,(H,14,15). The number of anilines is 1. The molecule has 1 aromatic carbocycles. The number of carbonyl (C=O) groups excluding carboxylic acids is 1. The first kappa shape index (κ1) is 14.3. The smallest absolute Gasteiger partial charge is 0.240 e. The zero-order valence-electron chi connectivity index (χ0n) is 11.4. The quantitative estimate of drug-likeness (QED) is 0.797. The number of hydrogen-bond donors (Lipinski definition) is 2. The third kappa shape index (κ3) is 2.34. The predicted octanol–water partition coefficient (Wildman–Crippen LogP) is 0.396. The minimum absolute atomic E-state index is 0.221. The van der Waals surface area contributed by atoms with Gasteiger partial charge < -0.3 is 15.6 Å².